The van der Waals surface area contributed by atoms with Crippen molar-refractivity contribution in [3.63, 3.8) is 0 Å². The molecular weight excluding hydrogens is 269 g/mol. The zero-order chi connectivity index (χ0) is 14.0. The van der Waals surface area contributed by atoms with Crippen LogP contribution in [0, 0.1) is 5.82 Å². The number of anilines is 1. The summed E-state index contributed by atoms with van der Waals surface area (Å²) in [4.78, 5) is 0. The molecule has 2 aromatic rings. The van der Waals surface area contributed by atoms with Crippen LogP contribution in [0.3, 0.4) is 0 Å². The molecule has 100 valence electrons. The van der Waals surface area contributed by atoms with Gasteiger partial charge in [0.25, 0.3) is 0 Å². The Morgan fingerprint density at radius 2 is 1.89 bits per heavy atom. The number of phenolic OH excluding ortho intramolecular Hbond substituents is 1. The molecule has 2 rings (SSSR count). The molecule has 0 saturated carbocycles. The topological polar surface area (TPSA) is 55.5 Å². The molecule has 1 unspecified atom stereocenters. The molecule has 0 aliphatic carbocycles. The van der Waals surface area contributed by atoms with Crippen LogP contribution in [0.25, 0.3) is 0 Å². The van der Waals surface area contributed by atoms with Crippen LogP contribution in [0.2, 0.25) is 5.02 Å². The summed E-state index contributed by atoms with van der Waals surface area (Å²) in [6.45, 7) is 0. The van der Waals surface area contributed by atoms with E-state index >= 15 is 0 Å². The van der Waals surface area contributed by atoms with Gasteiger partial charge in [0, 0.05) is 17.7 Å². The second-order valence-electron chi connectivity index (χ2n) is 4.10. The first-order valence-corrected chi connectivity index (χ1v) is 5.97. The number of ether oxygens (including phenoxy) is 1. The Labute approximate surface area is 115 Å². The highest BCUT2D eigenvalue weighted by Gasteiger charge is 2.19. The van der Waals surface area contributed by atoms with E-state index in [4.69, 9.17) is 22.1 Å². The van der Waals surface area contributed by atoms with E-state index in [1.807, 2.05) is 0 Å². The van der Waals surface area contributed by atoms with Gasteiger partial charge in [-0.05, 0) is 29.8 Å². The summed E-state index contributed by atoms with van der Waals surface area (Å²) < 4.78 is 18.3. The lowest BCUT2D eigenvalue weighted by atomic mass is 9.99. The summed E-state index contributed by atoms with van der Waals surface area (Å²) in [7, 11) is 1.49. The molecule has 0 aliphatic rings. The molecule has 0 heterocycles. The molecule has 0 fully saturated rings. The number of methoxy groups -OCH3 is 1. The molecule has 0 aliphatic heterocycles. The lowest BCUT2D eigenvalue weighted by molar-refractivity contribution is 0.134. The van der Waals surface area contributed by atoms with Crippen LogP contribution in [0.5, 0.6) is 5.75 Å². The van der Waals surface area contributed by atoms with E-state index in [-0.39, 0.29) is 17.3 Å². The van der Waals surface area contributed by atoms with Crippen molar-refractivity contribution >= 4 is 17.3 Å². The molecule has 3 nitrogen and oxygen atoms in total. The lowest BCUT2D eigenvalue weighted by Crippen LogP contribution is -2.05. The van der Waals surface area contributed by atoms with Gasteiger partial charge in [0.1, 0.15) is 17.7 Å². The minimum absolute atomic E-state index is 0.0828. The molecule has 0 radical (unpaired) electrons. The van der Waals surface area contributed by atoms with Crippen LogP contribution in [-0.4, -0.2) is 12.2 Å². The van der Waals surface area contributed by atoms with Crippen molar-refractivity contribution in [1.29, 1.82) is 0 Å². The second kappa shape index (κ2) is 5.47. The van der Waals surface area contributed by atoms with Gasteiger partial charge in [0.05, 0.1) is 5.69 Å². The van der Waals surface area contributed by atoms with Gasteiger partial charge in [-0.15, -0.1) is 0 Å². The Morgan fingerprint density at radius 1 is 1.26 bits per heavy atom. The minimum atomic E-state index is -0.568. The maximum absolute atomic E-state index is 12.9. The van der Waals surface area contributed by atoms with Gasteiger partial charge >= 0.3 is 0 Å². The third-order valence-corrected chi connectivity index (χ3v) is 3.04. The standard InChI is InChI=1S/C14H13ClFNO2/c1-19-14(8-2-4-10(16)5-3-8)11-6-9(15)7-12(17)13(11)18/h2-7,14,18H,17H2,1H3. The summed E-state index contributed by atoms with van der Waals surface area (Å²) in [6.07, 6.45) is -0.568. The average molecular weight is 282 g/mol. The number of nitrogen functional groups attached to an aromatic ring is 1. The molecule has 0 spiro atoms. The quantitative estimate of drug-likeness (QED) is 0.669. The van der Waals surface area contributed by atoms with Crippen LogP contribution in [0.15, 0.2) is 36.4 Å². The molecule has 3 N–H and O–H groups in total. The zero-order valence-electron chi connectivity index (χ0n) is 10.2. The van der Waals surface area contributed by atoms with Crippen LogP contribution < -0.4 is 5.73 Å². The molecule has 2 aromatic carbocycles. The fourth-order valence-electron chi connectivity index (χ4n) is 1.92. The summed E-state index contributed by atoms with van der Waals surface area (Å²) >= 11 is 5.93. The van der Waals surface area contributed by atoms with Crippen molar-refractivity contribution in [2.75, 3.05) is 12.8 Å². The van der Waals surface area contributed by atoms with E-state index in [0.29, 0.717) is 16.1 Å². The van der Waals surface area contributed by atoms with Crippen molar-refractivity contribution in [2.24, 2.45) is 0 Å². The SMILES string of the molecule is COC(c1ccc(F)cc1)c1cc(Cl)cc(N)c1O. The number of phenols is 1. The number of aromatic hydroxyl groups is 1. The molecule has 0 amide bonds. The van der Waals surface area contributed by atoms with E-state index in [1.54, 1.807) is 18.2 Å². The number of hydrogen-bond donors (Lipinski definition) is 2. The van der Waals surface area contributed by atoms with Crippen molar-refractivity contribution in [3.05, 3.63) is 58.4 Å². The van der Waals surface area contributed by atoms with E-state index in [0.717, 1.165) is 0 Å². The van der Waals surface area contributed by atoms with Crippen molar-refractivity contribution < 1.29 is 14.2 Å². The number of benzene rings is 2. The highest BCUT2D eigenvalue weighted by molar-refractivity contribution is 6.31. The third-order valence-electron chi connectivity index (χ3n) is 2.82. The Hall–Kier alpha value is -1.78. The fraction of sp³-hybridized carbons (Fsp3) is 0.143. The Bertz CT molecular complexity index is 587. The van der Waals surface area contributed by atoms with Crippen LogP contribution in [0.1, 0.15) is 17.2 Å². The van der Waals surface area contributed by atoms with Crippen LogP contribution in [0.4, 0.5) is 10.1 Å². The van der Waals surface area contributed by atoms with E-state index in [2.05, 4.69) is 0 Å². The first-order chi connectivity index (χ1) is 9.02. The monoisotopic (exact) mass is 281 g/mol. The predicted octanol–water partition coefficient (Wildman–Crippen LogP) is 3.50. The van der Waals surface area contributed by atoms with Crippen LogP contribution >= 0.6 is 11.6 Å². The summed E-state index contributed by atoms with van der Waals surface area (Å²) in [6, 6.07) is 8.85. The number of nitrogens with two attached hydrogens (primary N) is 1. The first kappa shape index (κ1) is 13.6. The summed E-state index contributed by atoms with van der Waals surface area (Å²) in [5, 5.41) is 10.4. The van der Waals surface area contributed by atoms with Gasteiger partial charge in [-0.3, -0.25) is 0 Å². The van der Waals surface area contributed by atoms with Gasteiger partial charge in [0.2, 0.25) is 0 Å². The molecular formula is C14H13ClFNO2. The van der Waals surface area contributed by atoms with Gasteiger partial charge in [-0.25, -0.2) is 4.39 Å². The fourth-order valence-corrected chi connectivity index (χ4v) is 2.16. The maximum Gasteiger partial charge on any atom is 0.144 e. The molecule has 1 atom stereocenters. The number of halogens is 2. The predicted molar refractivity (Wildman–Crippen MR) is 72.8 cm³/mol. The first-order valence-electron chi connectivity index (χ1n) is 5.59. The van der Waals surface area contributed by atoms with Crippen LogP contribution in [-0.2, 0) is 4.74 Å². The maximum atomic E-state index is 12.9. The zero-order valence-corrected chi connectivity index (χ0v) is 11.0. The van der Waals surface area contributed by atoms with Gasteiger partial charge in [-0.2, -0.15) is 0 Å². The van der Waals surface area contributed by atoms with Crippen molar-refractivity contribution in [2.45, 2.75) is 6.10 Å². The van der Waals surface area contributed by atoms with Gasteiger partial charge in [0.15, 0.2) is 0 Å². The molecule has 5 heteroatoms. The molecule has 19 heavy (non-hydrogen) atoms. The Balaban J connectivity index is 2.50. The molecule has 0 bridgehead atoms. The Morgan fingerprint density at radius 3 is 2.47 bits per heavy atom. The van der Waals surface area contributed by atoms with E-state index in [9.17, 15) is 9.50 Å². The summed E-state index contributed by atoms with van der Waals surface area (Å²) in [5.41, 5.74) is 6.98. The molecule has 0 saturated heterocycles. The minimum Gasteiger partial charge on any atom is -0.505 e. The smallest absolute Gasteiger partial charge is 0.144 e. The van der Waals surface area contributed by atoms with Crippen molar-refractivity contribution in [1.82, 2.24) is 0 Å². The number of rotatable bonds is 3. The van der Waals surface area contributed by atoms with Gasteiger partial charge in [-0.1, -0.05) is 23.7 Å². The third kappa shape index (κ3) is 2.80. The highest BCUT2D eigenvalue weighted by Crippen LogP contribution is 2.37. The van der Waals surface area contributed by atoms with E-state index < -0.39 is 6.10 Å². The second-order valence-corrected chi connectivity index (χ2v) is 4.54. The summed E-state index contributed by atoms with van der Waals surface area (Å²) in [5.74, 6) is -0.422. The Kier molecular flexibility index (Phi) is 3.93. The van der Waals surface area contributed by atoms with E-state index in [1.165, 1.54) is 25.3 Å². The average Bonchev–Trinajstić information content (AvgIpc) is 2.38. The largest absolute Gasteiger partial charge is 0.505 e. The van der Waals surface area contributed by atoms with Gasteiger partial charge < -0.3 is 15.6 Å². The molecule has 0 aromatic heterocycles. The number of hydrogen-bond acceptors (Lipinski definition) is 3. The normalized spacial score (nSPS) is 12.4. The van der Waals surface area contributed by atoms with Crippen molar-refractivity contribution in [3.8, 4) is 5.75 Å². The lowest BCUT2D eigenvalue weighted by Gasteiger charge is -2.18. The highest BCUT2D eigenvalue weighted by atomic mass is 35.5.